The summed E-state index contributed by atoms with van der Waals surface area (Å²) in [5.41, 5.74) is 4.90. The highest BCUT2D eigenvalue weighted by Crippen LogP contribution is 2.41. The highest BCUT2D eigenvalue weighted by Gasteiger charge is 2.28. The van der Waals surface area contributed by atoms with Crippen molar-refractivity contribution in [1.29, 1.82) is 0 Å². The number of rotatable bonds is 2. The number of hydrogen-bond acceptors (Lipinski definition) is 5. The van der Waals surface area contributed by atoms with Crippen molar-refractivity contribution in [2.24, 2.45) is 0 Å². The van der Waals surface area contributed by atoms with Crippen LogP contribution in [-0.2, 0) is 4.79 Å². The van der Waals surface area contributed by atoms with E-state index in [4.69, 9.17) is 4.74 Å². The number of nitrogens with one attached hydrogen (secondary N) is 3. The minimum Gasteiger partial charge on any atom is -0.474 e. The minimum atomic E-state index is -0.427. The fraction of sp³-hybridized carbons (Fsp3) is 0.190. The van der Waals surface area contributed by atoms with Gasteiger partial charge in [0, 0.05) is 29.4 Å². The lowest BCUT2D eigenvalue weighted by Gasteiger charge is -2.21. The number of benzene rings is 1. The van der Waals surface area contributed by atoms with Gasteiger partial charge >= 0.3 is 0 Å². The summed E-state index contributed by atoms with van der Waals surface area (Å²) >= 11 is 0. The number of nitrogens with zero attached hydrogens (tertiary/aromatic N) is 2. The molecule has 29 heavy (non-hydrogen) atoms. The molecule has 4 heterocycles. The van der Waals surface area contributed by atoms with Crippen molar-refractivity contribution in [1.82, 2.24) is 15.0 Å². The molecule has 0 saturated carbocycles. The summed E-state index contributed by atoms with van der Waals surface area (Å²) in [5, 5.41) is 5.99. The van der Waals surface area contributed by atoms with E-state index >= 15 is 0 Å². The van der Waals surface area contributed by atoms with Gasteiger partial charge in [-0.15, -0.1) is 0 Å². The predicted molar refractivity (Wildman–Crippen MR) is 108 cm³/mol. The number of anilines is 2. The van der Waals surface area contributed by atoms with Crippen molar-refractivity contribution in [3.8, 4) is 17.0 Å². The van der Waals surface area contributed by atoms with Gasteiger partial charge in [-0.25, -0.2) is 14.4 Å². The third-order valence-corrected chi connectivity index (χ3v) is 5.15. The van der Waals surface area contributed by atoms with Crippen molar-refractivity contribution < 1.29 is 13.9 Å². The summed E-state index contributed by atoms with van der Waals surface area (Å²) in [4.78, 5) is 24.1. The zero-order valence-corrected chi connectivity index (χ0v) is 15.9. The van der Waals surface area contributed by atoms with E-state index in [-0.39, 0.29) is 5.91 Å². The summed E-state index contributed by atoms with van der Waals surface area (Å²) in [7, 11) is 0. The number of carbonyl (C=O) groups is 1. The maximum absolute atomic E-state index is 15.0. The lowest BCUT2D eigenvalue weighted by Crippen LogP contribution is -2.20. The van der Waals surface area contributed by atoms with Crippen LogP contribution in [0.1, 0.15) is 22.6 Å². The largest absolute Gasteiger partial charge is 0.474 e. The molecular weight excluding hydrogens is 373 g/mol. The molecule has 1 aromatic carbocycles. The van der Waals surface area contributed by atoms with E-state index in [2.05, 4.69) is 25.6 Å². The number of fused-ring (bicyclic) bond motifs is 2. The zero-order chi connectivity index (χ0) is 20.1. The minimum absolute atomic E-state index is 0.279. The van der Waals surface area contributed by atoms with Crippen LogP contribution in [0.5, 0.6) is 5.88 Å². The van der Waals surface area contributed by atoms with Crippen molar-refractivity contribution in [3.63, 3.8) is 0 Å². The number of aromatic nitrogens is 3. The number of pyridine rings is 1. The highest BCUT2D eigenvalue weighted by molar-refractivity contribution is 6.35. The Balaban J connectivity index is 1.65. The second-order valence-corrected chi connectivity index (χ2v) is 7.07. The van der Waals surface area contributed by atoms with Gasteiger partial charge in [0.05, 0.1) is 23.2 Å². The Labute approximate surface area is 166 Å². The quantitative estimate of drug-likeness (QED) is 0.582. The summed E-state index contributed by atoms with van der Waals surface area (Å²) < 4.78 is 20.5. The van der Waals surface area contributed by atoms with Gasteiger partial charge in [0.15, 0.2) is 0 Å². The summed E-state index contributed by atoms with van der Waals surface area (Å²) in [6.07, 6.45) is 4.98. The molecule has 146 valence electrons. The lowest BCUT2D eigenvalue weighted by molar-refractivity contribution is -0.110. The van der Waals surface area contributed by atoms with Crippen LogP contribution in [0.2, 0.25) is 0 Å². The summed E-state index contributed by atoms with van der Waals surface area (Å²) in [6.45, 7) is 4.95. The number of aromatic amines is 1. The molecule has 2 aliphatic heterocycles. The van der Waals surface area contributed by atoms with Crippen LogP contribution < -0.4 is 15.4 Å². The third kappa shape index (κ3) is 2.84. The molecule has 1 amide bonds. The molecule has 7 nitrogen and oxygen atoms in total. The summed E-state index contributed by atoms with van der Waals surface area (Å²) in [6, 6.07) is 3.04. The van der Waals surface area contributed by atoms with E-state index in [9.17, 15) is 9.18 Å². The van der Waals surface area contributed by atoms with Gasteiger partial charge in [0.25, 0.3) is 5.91 Å². The number of hydrogen-bond donors (Lipinski definition) is 3. The van der Waals surface area contributed by atoms with E-state index < -0.39 is 5.82 Å². The zero-order valence-electron chi connectivity index (χ0n) is 15.9. The number of imidazole rings is 1. The monoisotopic (exact) mass is 391 g/mol. The molecule has 5 rings (SSSR count). The summed E-state index contributed by atoms with van der Waals surface area (Å²) in [5.74, 6) is 0.565. The average Bonchev–Trinajstić information content (AvgIpc) is 3.25. The predicted octanol–water partition coefficient (Wildman–Crippen LogP) is 3.52. The first-order valence-corrected chi connectivity index (χ1v) is 9.26. The van der Waals surface area contributed by atoms with Crippen LogP contribution in [0.15, 0.2) is 24.5 Å². The normalized spacial score (nSPS) is 16.1. The molecule has 3 aromatic rings. The Morgan fingerprint density at radius 1 is 1.14 bits per heavy atom. The van der Waals surface area contributed by atoms with Gasteiger partial charge in [-0.3, -0.25) is 4.79 Å². The number of carbonyl (C=O) groups excluding carboxylic acids is 1. The first kappa shape index (κ1) is 17.4. The molecule has 0 aliphatic carbocycles. The molecule has 2 aliphatic rings. The first-order valence-electron chi connectivity index (χ1n) is 9.26. The highest BCUT2D eigenvalue weighted by atomic mass is 19.1. The SMILES string of the molecule is Cc1ncc(C=C2C(=O)Nc3cc(F)c(-c4cnc5c(c4C)NCCO5)cc32)[nH]1. The molecule has 2 aromatic heterocycles. The van der Waals surface area contributed by atoms with Gasteiger partial charge in [0.1, 0.15) is 23.9 Å². The Morgan fingerprint density at radius 3 is 2.79 bits per heavy atom. The molecule has 8 heteroatoms. The fourth-order valence-corrected chi connectivity index (χ4v) is 3.72. The lowest BCUT2D eigenvalue weighted by atomic mass is 9.96. The van der Waals surface area contributed by atoms with E-state index in [1.807, 2.05) is 13.8 Å². The van der Waals surface area contributed by atoms with Crippen LogP contribution >= 0.6 is 0 Å². The Kier molecular flexibility index (Phi) is 3.87. The molecule has 0 fully saturated rings. The topological polar surface area (TPSA) is 91.9 Å². The maximum Gasteiger partial charge on any atom is 0.256 e. The van der Waals surface area contributed by atoms with E-state index in [1.165, 1.54) is 6.07 Å². The number of H-pyrrole nitrogens is 1. The Bertz CT molecular complexity index is 1200. The Morgan fingerprint density at radius 2 is 2.00 bits per heavy atom. The molecule has 0 spiro atoms. The second-order valence-electron chi connectivity index (χ2n) is 7.07. The molecule has 0 unspecified atom stereocenters. The standard InChI is InChI=1S/C21H18FN5O2/c1-10-16(9-25-21-19(10)23-3-4-29-21)13-6-14-15(5-12-8-24-11(2)26-12)20(28)27-18(14)7-17(13)22/h5-9,23H,3-4H2,1-2H3,(H,24,26)(H,27,28). The van der Waals surface area contributed by atoms with E-state index in [0.29, 0.717) is 52.7 Å². The smallest absolute Gasteiger partial charge is 0.256 e. The Hall–Kier alpha value is -3.68. The molecule has 3 N–H and O–H groups in total. The number of amides is 1. The van der Waals surface area contributed by atoms with E-state index in [1.54, 1.807) is 24.5 Å². The van der Waals surface area contributed by atoms with Gasteiger partial charge in [-0.1, -0.05) is 0 Å². The van der Waals surface area contributed by atoms with Crippen molar-refractivity contribution in [2.45, 2.75) is 13.8 Å². The van der Waals surface area contributed by atoms with E-state index in [0.717, 1.165) is 17.1 Å². The number of halogens is 1. The van der Waals surface area contributed by atoms with Crippen LogP contribution in [0, 0.1) is 19.7 Å². The van der Waals surface area contributed by atoms with Crippen LogP contribution in [0.25, 0.3) is 22.8 Å². The molecule has 0 bridgehead atoms. The van der Waals surface area contributed by atoms with Gasteiger partial charge in [-0.2, -0.15) is 0 Å². The van der Waals surface area contributed by atoms with Crippen molar-refractivity contribution >= 4 is 28.9 Å². The third-order valence-electron chi connectivity index (χ3n) is 5.15. The van der Waals surface area contributed by atoms with Gasteiger partial charge < -0.3 is 20.4 Å². The fourth-order valence-electron chi connectivity index (χ4n) is 3.72. The van der Waals surface area contributed by atoms with Gasteiger partial charge in [0.2, 0.25) is 5.88 Å². The van der Waals surface area contributed by atoms with Crippen molar-refractivity contribution in [2.75, 3.05) is 23.8 Å². The number of aryl methyl sites for hydroxylation is 1. The molecule has 0 atom stereocenters. The van der Waals surface area contributed by atoms with Crippen molar-refractivity contribution in [3.05, 3.63) is 53.0 Å². The van der Waals surface area contributed by atoms with Crippen LogP contribution in [-0.4, -0.2) is 34.0 Å². The molecular formula is C21H18FN5O2. The molecule has 0 saturated heterocycles. The average molecular weight is 391 g/mol. The number of ether oxygens (including phenoxy) is 1. The van der Waals surface area contributed by atoms with Crippen LogP contribution in [0.3, 0.4) is 0 Å². The van der Waals surface area contributed by atoms with Crippen LogP contribution in [0.4, 0.5) is 15.8 Å². The second kappa shape index (κ2) is 6.44. The van der Waals surface area contributed by atoms with Gasteiger partial charge in [-0.05, 0) is 37.6 Å². The first-order chi connectivity index (χ1) is 14.0. The molecule has 0 radical (unpaired) electrons. The maximum atomic E-state index is 15.0.